The molecule has 122 valence electrons. The van der Waals surface area contributed by atoms with Crippen LogP contribution in [0, 0.1) is 0 Å². The molecule has 0 heterocycles. The molecule has 1 heteroatoms. The maximum absolute atomic E-state index is 2.49. The minimum absolute atomic E-state index is 0.425. The fourth-order valence-corrected chi connectivity index (χ4v) is 6.43. The highest BCUT2D eigenvalue weighted by Crippen LogP contribution is 2.22. The molecule has 20 heavy (non-hydrogen) atoms. The van der Waals surface area contributed by atoms with Crippen molar-refractivity contribution < 1.29 is 0 Å². The molecule has 0 radical (unpaired) electrons. The van der Waals surface area contributed by atoms with Crippen LogP contribution in [0.2, 0.25) is 17.6 Å². The lowest BCUT2D eigenvalue weighted by Crippen LogP contribution is -2.16. The van der Waals surface area contributed by atoms with Crippen LogP contribution in [0.3, 0.4) is 0 Å². The van der Waals surface area contributed by atoms with E-state index < -0.39 is 8.80 Å². The topological polar surface area (TPSA) is 0 Å². The minimum atomic E-state index is -0.425. The molecule has 0 saturated heterocycles. The molecule has 0 aromatic carbocycles. The highest BCUT2D eigenvalue weighted by molar-refractivity contribution is 6.60. The standard InChI is InChI=1S/C19H42Si/c1-5-7-9-11-13-15-17-20(19(3)4)18-16-14-12-10-8-6-2/h19-20H,5-18H2,1-4H3. The third-order valence-corrected chi connectivity index (χ3v) is 8.99. The van der Waals surface area contributed by atoms with Crippen molar-refractivity contribution >= 4 is 8.80 Å². The van der Waals surface area contributed by atoms with Gasteiger partial charge < -0.3 is 0 Å². The maximum atomic E-state index is 2.49. The molecule has 0 N–H and O–H groups in total. The SMILES string of the molecule is CCCCCCCC[SiH](CCCCCCCC)C(C)C. The molecular formula is C19H42Si. The van der Waals surface area contributed by atoms with Crippen molar-refractivity contribution in [1.82, 2.24) is 0 Å². The summed E-state index contributed by atoms with van der Waals surface area (Å²) < 4.78 is 0. The zero-order chi connectivity index (χ0) is 15.1. The van der Waals surface area contributed by atoms with Crippen molar-refractivity contribution in [3.63, 3.8) is 0 Å². The third kappa shape index (κ3) is 13.2. The van der Waals surface area contributed by atoms with Crippen LogP contribution in [0.5, 0.6) is 0 Å². The van der Waals surface area contributed by atoms with Crippen LogP contribution in [-0.4, -0.2) is 8.80 Å². The molecule has 0 aliphatic carbocycles. The van der Waals surface area contributed by atoms with E-state index in [1.165, 1.54) is 77.0 Å². The maximum Gasteiger partial charge on any atom is 0.0393 e. The van der Waals surface area contributed by atoms with E-state index in [0.29, 0.717) is 0 Å². The lowest BCUT2D eigenvalue weighted by Gasteiger charge is -2.19. The second-order valence-electron chi connectivity index (χ2n) is 7.12. The summed E-state index contributed by atoms with van der Waals surface area (Å²) in [5, 5.41) is 0. The van der Waals surface area contributed by atoms with Crippen molar-refractivity contribution in [1.29, 1.82) is 0 Å². The summed E-state index contributed by atoms with van der Waals surface area (Å²) in [5.74, 6) is 0. The van der Waals surface area contributed by atoms with Gasteiger partial charge in [-0.2, -0.15) is 0 Å². The first-order valence-corrected chi connectivity index (χ1v) is 12.0. The summed E-state index contributed by atoms with van der Waals surface area (Å²) in [6.07, 6.45) is 17.7. The monoisotopic (exact) mass is 298 g/mol. The number of hydrogen-bond acceptors (Lipinski definition) is 0. The Morgan fingerprint density at radius 1 is 0.550 bits per heavy atom. The normalized spacial score (nSPS) is 11.7. The van der Waals surface area contributed by atoms with Gasteiger partial charge in [-0.15, -0.1) is 0 Å². The van der Waals surface area contributed by atoms with Gasteiger partial charge in [-0.3, -0.25) is 0 Å². The molecule has 0 aliphatic heterocycles. The van der Waals surface area contributed by atoms with Crippen molar-refractivity contribution in [2.24, 2.45) is 0 Å². The Balaban J connectivity index is 3.51. The molecule has 0 aromatic heterocycles. The van der Waals surface area contributed by atoms with Crippen molar-refractivity contribution in [3.05, 3.63) is 0 Å². The third-order valence-electron chi connectivity index (χ3n) is 4.80. The number of rotatable bonds is 15. The zero-order valence-corrected chi connectivity index (χ0v) is 16.2. The molecule has 0 aliphatic rings. The van der Waals surface area contributed by atoms with Gasteiger partial charge >= 0.3 is 0 Å². The molecule has 0 amide bonds. The summed E-state index contributed by atoms with van der Waals surface area (Å²) in [6.45, 7) is 9.60. The molecule has 0 bridgehead atoms. The quantitative estimate of drug-likeness (QED) is 0.219. The van der Waals surface area contributed by atoms with E-state index in [4.69, 9.17) is 0 Å². The van der Waals surface area contributed by atoms with Gasteiger partial charge in [-0.1, -0.05) is 122 Å². The molecule has 0 unspecified atom stereocenters. The summed E-state index contributed by atoms with van der Waals surface area (Å²) in [4.78, 5) is 0. The van der Waals surface area contributed by atoms with Gasteiger partial charge in [-0.05, 0) is 0 Å². The Labute approximate surface area is 131 Å². The van der Waals surface area contributed by atoms with E-state index in [1.807, 2.05) is 0 Å². The number of unbranched alkanes of at least 4 members (excludes halogenated alkanes) is 10. The molecule has 0 spiro atoms. The van der Waals surface area contributed by atoms with E-state index in [9.17, 15) is 0 Å². The summed E-state index contributed by atoms with van der Waals surface area (Å²) in [6, 6.07) is 3.25. The van der Waals surface area contributed by atoms with Gasteiger partial charge in [0.25, 0.3) is 0 Å². The van der Waals surface area contributed by atoms with Gasteiger partial charge in [-0.25, -0.2) is 0 Å². The predicted molar refractivity (Wildman–Crippen MR) is 98.6 cm³/mol. The van der Waals surface area contributed by atoms with E-state index >= 15 is 0 Å². The average Bonchev–Trinajstić information content (AvgIpc) is 2.43. The van der Waals surface area contributed by atoms with E-state index in [2.05, 4.69) is 27.7 Å². The molecule has 0 atom stereocenters. The molecule has 0 aromatic rings. The highest BCUT2D eigenvalue weighted by Gasteiger charge is 2.14. The fraction of sp³-hybridized carbons (Fsp3) is 1.00. The Hall–Kier alpha value is 0.217. The van der Waals surface area contributed by atoms with Crippen LogP contribution < -0.4 is 0 Å². The first-order chi connectivity index (χ1) is 9.72. The van der Waals surface area contributed by atoms with Gasteiger partial charge in [0, 0.05) is 8.80 Å². The number of hydrogen-bond donors (Lipinski definition) is 0. The summed E-state index contributed by atoms with van der Waals surface area (Å²) >= 11 is 0. The largest absolute Gasteiger partial charge is 0.0654 e. The first-order valence-electron chi connectivity index (χ1n) is 9.72. The van der Waals surface area contributed by atoms with Crippen LogP contribution in [-0.2, 0) is 0 Å². The van der Waals surface area contributed by atoms with Gasteiger partial charge in [0.05, 0.1) is 0 Å². The van der Waals surface area contributed by atoms with Crippen LogP contribution in [0.25, 0.3) is 0 Å². The lowest BCUT2D eigenvalue weighted by atomic mass is 10.1. The smallest absolute Gasteiger partial charge is 0.0393 e. The predicted octanol–water partition coefficient (Wildman–Crippen LogP) is 7.34. The van der Waals surface area contributed by atoms with Crippen molar-refractivity contribution in [3.8, 4) is 0 Å². The van der Waals surface area contributed by atoms with E-state index in [0.717, 1.165) is 5.54 Å². The Bertz CT molecular complexity index is 161. The summed E-state index contributed by atoms with van der Waals surface area (Å²) in [5.41, 5.74) is 1.03. The molecule has 0 fully saturated rings. The van der Waals surface area contributed by atoms with Crippen molar-refractivity contribution in [2.75, 3.05) is 0 Å². The Morgan fingerprint density at radius 2 is 0.900 bits per heavy atom. The molecule has 0 nitrogen and oxygen atoms in total. The fourth-order valence-electron chi connectivity index (χ4n) is 3.18. The lowest BCUT2D eigenvalue weighted by molar-refractivity contribution is 0.615. The van der Waals surface area contributed by atoms with Crippen LogP contribution in [0.4, 0.5) is 0 Å². The van der Waals surface area contributed by atoms with Gasteiger partial charge in [0.1, 0.15) is 0 Å². The Kier molecular flexibility index (Phi) is 15.8. The average molecular weight is 299 g/mol. The van der Waals surface area contributed by atoms with Crippen molar-refractivity contribution in [2.45, 2.75) is 122 Å². The molecule has 0 saturated carbocycles. The first kappa shape index (κ1) is 20.2. The van der Waals surface area contributed by atoms with Crippen LogP contribution in [0.15, 0.2) is 0 Å². The Morgan fingerprint density at radius 3 is 1.25 bits per heavy atom. The van der Waals surface area contributed by atoms with Gasteiger partial charge in [0.15, 0.2) is 0 Å². The van der Waals surface area contributed by atoms with Crippen LogP contribution >= 0.6 is 0 Å². The zero-order valence-electron chi connectivity index (χ0n) is 15.1. The second kappa shape index (κ2) is 15.6. The summed E-state index contributed by atoms with van der Waals surface area (Å²) in [7, 11) is -0.425. The van der Waals surface area contributed by atoms with Gasteiger partial charge in [0.2, 0.25) is 0 Å². The van der Waals surface area contributed by atoms with Crippen LogP contribution in [0.1, 0.15) is 105 Å². The highest BCUT2D eigenvalue weighted by atomic mass is 28.3. The van der Waals surface area contributed by atoms with E-state index in [-0.39, 0.29) is 0 Å². The minimum Gasteiger partial charge on any atom is -0.0654 e. The molecular weight excluding hydrogens is 256 g/mol. The second-order valence-corrected chi connectivity index (χ2v) is 11.1. The van der Waals surface area contributed by atoms with E-state index in [1.54, 1.807) is 12.1 Å². The molecule has 0 rings (SSSR count).